The lowest BCUT2D eigenvalue weighted by molar-refractivity contribution is 0.862. The zero-order valence-corrected chi connectivity index (χ0v) is 12.0. The molecule has 0 bridgehead atoms. The van der Waals surface area contributed by atoms with Gasteiger partial charge in [-0.2, -0.15) is 0 Å². The van der Waals surface area contributed by atoms with Crippen LogP contribution in [0.3, 0.4) is 0 Å². The van der Waals surface area contributed by atoms with Gasteiger partial charge in [0, 0.05) is 12.2 Å². The minimum Gasteiger partial charge on any atom is -0.393 e. The smallest absolute Gasteiger partial charge is 0.154 e. The van der Waals surface area contributed by atoms with Crippen LogP contribution in [0, 0.1) is 11.6 Å². The number of nitrogen functional groups attached to an aromatic ring is 1. The first-order valence-corrected chi connectivity index (χ1v) is 6.73. The number of nitrogens with one attached hydrogen (secondary N) is 1. The fraction of sp³-hybridized carbons (Fsp3) is 0.286. The van der Waals surface area contributed by atoms with Gasteiger partial charge in [0.25, 0.3) is 0 Å². The van der Waals surface area contributed by atoms with Crippen LogP contribution in [-0.4, -0.2) is 16.5 Å². The average molecular weight is 274 g/mol. The molecule has 0 saturated carbocycles. The molecule has 1 aromatic carbocycles. The van der Waals surface area contributed by atoms with E-state index in [9.17, 15) is 0 Å². The van der Waals surface area contributed by atoms with Crippen LogP contribution in [0.2, 0.25) is 0 Å². The van der Waals surface area contributed by atoms with Crippen molar-refractivity contribution in [2.45, 2.75) is 20.3 Å². The molecule has 0 aliphatic heterocycles. The summed E-state index contributed by atoms with van der Waals surface area (Å²) >= 11 is 5.20. The van der Waals surface area contributed by atoms with Gasteiger partial charge >= 0.3 is 0 Å². The van der Waals surface area contributed by atoms with Crippen molar-refractivity contribution in [3.05, 3.63) is 40.8 Å². The Morgan fingerprint density at radius 1 is 1.32 bits per heavy atom. The molecule has 0 saturated heterocycles. The molecule has 0 spiro atoms. The van der Waals surface area contributed by atoms with E-state index in [0.29, 0.717) is 10.3 Å². The van der Waals surface area contributed by atoms with Crippen LogP contribution in [0.4, 0.5) is 17.2 Å². The second kappa shape index (κ2) is 5.84. The molecule has 0 aliphatic carbocycles. The van der Waals surface area contributed by atoms with E-state index in [1.165, 1.54) is 0 Å². The van der Waals surface area contributed by atoms with Gasteiger partial charge in [-0.3, -0.25) is 0 Å². The summed E-state index contributed by atoms with van der Waals surface area (Å²) in [5.74, 6) is 1.59. The maximum absolute atomic E-state index is 6.08. The van der Waals surface area contributed by atoms with Gasteiger partial charge < -0.3 is 15.6 Å². The average Bonchev–Trinajstić information content (AvgIpc) is 2.41. The highest BCUT2D eigenvalue weighted by Gasteiger charge is 2.13. The number of H-pyrrole nitrogens is 1. The molecule has 0 atom stereocenters. The van der Waals surface area contributed by atoms with E-state index in [1.807, 2.05) is 25.1 Å². The van der Waals surface area contributed by atoms with Crippen LogP contribution in [0.25, 0.3) is 0 Å². The molecule has 0 fully saturated rings. The van der Waals surface area contributed by atoms with E-state index in [-0.39, 0.29) is 0 Å². The Balaban J connectivity index is 2.54. The zero-order valence-electron chi connectivity index (χ0n) is 11.2. The molecule has 1 heterocycles. The molecular formula is C14H18N4S. The maximum atomic E-state index is 6.08. The highest BCUT2D eigenvalue weighted by Crippen LogP contribution is 2.28. The third-order valence-electron chi connectivity index (χ3n) is 2.84. The first-order valence-electron chi connectivity index (χ1n) is 6.32. The first kappa shape index (κ1) is 13.5. The number of hydrogen-bond donors (Lipinski definition) is 2. The number of nitrogens with zero attached hydrogens (tertiary/aromatic N) is 2. The fourth-order valence-electron chi connectivity index (χ4n) is 1.99. The van der Waals surface area contributed by atoms with Crippen LogP contribution in [0.1, 0.15) is 19.2 Å². The monoisotopic (exact) mass is 274 g/mol. The lowest BCUT2D eigenvalue weighted by atomic mass is 10.2. The van der Waals surface area contributed by atoms with Gasteiger partial charge in [0.05, 0.1) is 0 Å². The van der Waals surface area contributed by atoms with Crippen molar-refractivity contribution in [2.24, 2.45) is 0 Å². The molecule has 100 valence electrons. The van der Waals surface area contributed by atoms with Crippen LogP contribution in [-0.2, 0) is 0 Å². The summed E-state index contributed by atoms with van der Waals surface area (Å²) in [6.07, 6.45) is 1.01. The summed E-state index contributed by atoms with van der Waals surface area (Å²) in [4.78, 5) is 9.54. The fourth-order valence-corrected chi connectivity index (χ4v) is 2.23. The second-order valence-electron chi connectivity index (χ2n) is 4.38. The van der Waals surface area contributed by atoms with E-state index < -0.39 is 0 Å². The number of rotatable bonds is 4. The number of aromatic nitrogens is 2. The molecule has 19 heavy (non-hydrogen) atoms. The van der Waals surface area contributed by atoms with E-state index in [1.54, 1.807) is 0 Å². The Bertz CT molecular complexity index is 607. The first-order chi connectivity index (χ1) is 9.13. The number of para-hydroxylation sites is 1. The molecule has 4 nitrogen and oxygen atoms in total. The van der Waals surface area contributed by atoms with Gasteiger partial charge in [-0.25, -0.2) is 4.98 Å². The minimum atomic E-state index is 0.447. The van der Waals surface area contributed by atoms with Crippen molar-refractivity contribution in [3.63, 3.8) is 0 Å². The molecule has 0 radical (unpaired) electrons. The third-order valence-corrected chi connectivity index (χ3v) is 3.15. The number of aromatic amines is 1. The van der Waals surface area contributed by atoms with Crippen molar-refractivity contribution in [1.29, 1.82) is 0 Å². The highest BCUT2D eigenvalue weighted by atomic mass is 32.1. The summed E-state index contributed by atoms with van der Waals surface area (Å²) in [5.41, 5.74) is 7.70. The Kier molecular flexibility index (Phi) is 4.16. The van der Waals surface area contributed by atoms with Crippen LogP contribution >= 0.6 is 12.2 Å². The summed E-state index contributed by atoms with van der Waals surface area (Å²) in [6.45, 7) is 4.88. The topological polar surface area (TPSA) is 57.9 Å². The maximum Gasteiger partial charge on any atom is 0.154 e. The molecule has 0 amide bonds. The van der Waals surface area contributed by atoms with E-state index >= 15 is 0 Å². The molecule has 3 N–H and O–H groups in total. The van der Waals surface area contributed by atoms with Gasteiger partial charge in [-0.1, -0.05) is 37.3 Å². The molecule has 0 unspecified atom stereocenters. The second-order valence-corrected chi connectivity index (χ2v) is 4.76. The highest BCUT2D eigenvalue weighted by molar-refractivity contribution is 7.71. The van der Waals surface area contributed by atoms with Gasteiger partial charge in [0.2, 0.25) is 0 Å². The van der Waals surface area contributed by atoms with Crippen LogP contribution < -0.4 is 10.6 Å². The summed E-state index contributed by atoms with van der Waals surface area (Å²) in [5, 5.41) is 0. The van der Waals surface area contributed by atoms with Gasteiger partial charge in [0.15, 0.2) is 4.64 Å². The van der Waals surface area contributed by atoms with Crippen molar-refractivity contribution in [3.8, 4) is 0 Å². The van der Waals surface area contributed by atoms with Crippen molar-refractivity contribution < 1.29 is 0 Å². The summed E-state index contributed by atoms with van der Waals surface area (Å²) < 4.78 is 0.447. The largest absolute Gasteiger partial charge is 0.393 e. The standard InChI is InChI=1S/C14H18N4S/c1-3-9-18(11-7-5-4-6-8-11)13-12(15)14(19)17-10(2)16-13/h4-8H,3,9,15H2,1-2H3,(H,16,17,19). The lowest BCUT2D eigenvalue weighted by Gasteiger charge is -2.25. The van der Waals surface area contributed by atoms with Crippen LogP contribution in [0.15, 0.2) is 30.3 Å². The Hall–Kier alpha value is -1.88. The predicted octanol–water partition coefficient (Wildman–Crippen LogP) is 3.58. The van der Waals surface area contributed by atoms with Gasteiger partial charge in [0.1, 0.15) is 17.3 Å². The number of aryl methyl sites for hydroxylation is 1. The molecule has 5 heteroatoms. The van der Waals surface area contributed by atoms with Gasteiger partial charge in [-0.15, -0.1) is 0 Å². The molecule has 1 aromatic heterocycles. The van der Waals surface area contributed by atoms with Gasteiger partial charge in [-0.05, 0) is 25.5 Å². The quantitative estimate of drug-likeness (QED) is 0.837. The Morgan fingerprint density at radius 2 is 2.00 bits per heavy atom. The molecule has 0 aliphatic rings. The molecular weight excluding hydrogens is 256 g/mol. The summed E-state index contributed by atoms with van der Waals surface area (Å²) in [6, 6.07) is 10.1. The SMILES string of the molecule is CCCN(c1ccccc1)c1[nH]c(C)nc(=S)c1N. The lowest BCUT2D eigenvalue weighted by Crippen LogP contribution is -2.21. The van der Waals surface area contributed by atoms with E-state index in [0.717, 1.165) is 30.3 Å². The normalized spacial score (nSPS) is 10.4. The van der Waals surface area contributed by atoms with Crippen molar-refractivity contribution >= 4 is 29.4 Å². The van der Waals surface area contributed by atoms with Crippen molar-refractivity contribution in [2.75, 3.05) is 17.2 Å². The minimum absolute atomic E-state index is 0.447. The van der Waals surface area contributed by atoms with Crippen molar-refractivity contribution in [1.82, 2.24) is 9.97 Å². The zero-order chi connectivity index (χ0) is 13.8. The summed E-state index contributed by atoms with van der Waals surface area (Å²) in [7, 11) is 0. The number of benzene rings is 1. The third kappa shape index (κ3) is 2.93. The van der Waals surface area contributed by atoms with Crippen LogP contribution in [0.5, 0.6) is 0 Å². The number of hydrogen-bond acceptors (Lipinski definition) is 4. The van der Waals surface area contributed by atoms with E-state index in [2.05, 4.69) is 33.9 Å². The Morgan fingerprint density at radius 3 is 2.63 bits per heavy atom. The number of nitrogens with two attached hydrogens (primary N) is 1. The number of anilines is 3. The predicted molar refractivity (Wildman–Crippen MR) is 82.3 cm³/mol. The Labute approximate surface area is 118 Å². The molecule has 2 aromatic rings. The molecule has 2 rings (SSSR count). The van der Waals surface area contributed by atoms with E-state index in [4.69, 9.17) is 18.0 Å².